The zero-order valence-electron chi connectivity index (χ0n) is 7.90. The van der Waals surface area contributed by atoms with Gasteiger partial charge in [0.15, 0.2) is 0 Å². The lowest BCUT2D eigenvalue weighted by Gasteiger charge is -2.19. The standard InChI is InChI=1S/C9H16N2O2/c1-6-4-11(5-7(6)10)8-2-3-13-9(8)12/h6-8H,2-5,10H2,1H3. The number of esters is 1. The molecule has 2 heterocycles. The second-order valence-corrected chi connectivity index (χ2v) is 4.07. The molecule has 4 nitrogen and oxygen atoms in total. The molecule has 0 aliphatic carbocycles. The number of carbonyl (C=O) groups is 1. The predicted molar refractivity (Wildman–Crippen MR) is 48.1 cm³/mol. The van der Waals surface area contributed by atoms with Crippen molar-refractivity contribution in [1.29, 1.82) is 0 Å². The largest absolute Gasteiger partial charge is 0.464 e. The van der Waals surface area contributed by atoms with Gasteiger partial charge in [0.25, 0.3) is 0 Å². The van der Waals surface area contributed by atoms with Crippen LogP contribution < -0.4 is 5.73 Å². The van der Waals surface area contributed by atoms with Gasteiger partial charge in [-0.15, -0.1) is 0 Å². The van der Waals surface area contributed by atoms with Crippen LogP contribution in [0.15, 0.2) is 0 Å². The molecule has 0 spiro atoms. The van der Waals surface area contributed by atoms with E-state index in [0.29, 0.717) is 12.5 Å². The van der Waals surface area contributed by atoms with Crippen molar-refractivity contribution in [3.8, 4) is 0 Å². The fourth-order valence-electron chi connectivity index (χ4n) is 2.10. The van der Waals surface area contributed by atoms with Gasteiger partial charge in [0.1, 0.15) is 6.04 Å². The number of nitrogens with zero attached hydrogens (tertiary/aromatic N) is 1. The number of likely N-dealkylation sites (tertiary alicyclic amines) is 1. The summed E-state index contributed by atoms with van der Waals surface area (Å²) in [4.78, 5) is 13.4. The van der Waals surface area contributed by atoms with E-state index in [-0.39, 0.29) is 18.1 Å². The molecule has 0 saturated carbocycles. The molecule has 0 aromatic carbocycles. The van der Waals surface area contributed by atoms with Gasteiger partial charge in [0.2, 0.25) is 0 Å². The summed E-state index contributed by atoms with van der Waals surface area (Å²) in [6, 6.07) is 0.199. The first-order valence-corrected chi connectivity index (χ1v) is 4.85. The second-order valence-electron chi connectivity index (χ2n) is 4.07. The topological polar surface area (TPSA) is 55.6 Å². The Balaban J connectivity index is 1.98. The van der Waals surface area contributed by atoms with Crippen molar-refractivity contribution in [2.45, 2.75) is 25.4 Å². The molecular weight excluding hydrogens is 168 g/mol. The van der Waals surface area contributed by atoms with Gasteiger partial charge in [-0.05, 0) is 5.92 Å². The number of cyclic esters (lactones) is 1. The molecule has 2 rings (SSSR count). The molecule has 2 aliphatic rings. The molecule has 2 fully saturated rings. The Hall–Kier alpha value is -0.610. The highest BCUT2D eigenvalue weighted by Crippen LogP contribution is 2.22. The van der Waals surface area contributed by atoms with E-state index in [1.54, 1.807) is 0 Å². The highest BCUT2D eigenvalue weighted by molar-refractivity contribution is 5.77. The monoisotopic (exact) mass is 184 g/mol. The van der Waals surface area contributed by atoms with Crippen molar-refractivity contribution >= 4 is 5.97 Å². The molecule has 0 bridgehead atoms. The third-order valence-electron chi connectivity index (χ3n) is 3.05. The summed E-state index contributed by atoms with van der Waals surface area (Å²) in [5.74, 6) is 0.426. The molecule has 3 unspecified atom stereocenters. The van der Waals surface area contributed by atoms with Crippen LogP contribution in [0.4, 0.5) is 0 Å². The van der Waals surface area contributed by atoms with Crippen LogP contribution in [-0.4, -0.2) is 42.6 Å². The Labute approximate surface area is 78.0 Å². The van der Waals surface area contributed by atoms with Crippen molar-refractivity contribution in [3.63, 3.8) is 0 Å². The van der Waals surface area contributed by atoms with Gasteiger partial charge >= 0.3 is 5.97 Å². The molecule has 0 amide bonds. The summed E-state index contributed by atoms with van der Waals surface area (Å²) in [6.45, 7) is 4.47. The molecule has 3 atom stereocenters. The Morgan fingerprint density at radius 1 is 1.54 bits per heavy atom. The van der Waals surface area contributed by atoms with Crippen molar-refractivity contribution in [3.05, 3.63) is 0 Å². The van der Waals surface area contributed by atoms with Crippen molar-refractivity contribution < 1.29 is 9.53 Å². The van der Waals surface area contributed by atoms with Crippen LogP contribution in [0.3, 0.4) is 0 Å². The quantitative estimate of drug-likeness (QED) is 0.562. The van der Waals surface area contributed by atoms with Gasteiger partial charge in [-0.25, -0.2) is 0 Å². The molecule has 2 aliphatic heterocycles. The van der Waals surface area contributed by atoms with Crippen molar-refractivity contribution in [2.24, 2.45) is 11.7 Å². The van der Waals surface area contributed by atoms with Crippen LogP contribution in [0.5, 0.6) is 0 Å². The zero-order chi connectivity index (χ0) is 9.42. The molecule has 2 saturated heterocycles. The molecule has 74 valence electrons. The summed E-state index contributed by atoms with van der Waals surface area (Å²) in [5.41, 5.74) is 5.89. The van der Waals surface area contributed by atoms with E-state index in [9.17, 15) is 4.79 Å². The lowest BCUT2D eigenvalue weighted by atomic mass is 10.1. The Morgan fingerprint density at radius 3 is 2.77 bits per heavy atom. The predicted octanol–water partition coefficient (Wildman–Crippen LogP) is -0.419. The van der Waals surface area contributed by atoms with E-state index in [0.717, 1.165) is 19.5 Å². The highest BCUT2D eigenvalue weighted by Gasteiger charge is 2.38. The fraction of sp³-hybridized carbons (Fsp3) is 0.889. The third-order valence-corrected chi connectivity index (χ3v) is 3.05. The van der Waals surface area contributed by atoms with Crippen molar-refractivity contribution in [2.75, 3.05) is 19.7 Å². The maximum Gasteiger partial charge on any atom is 0.323 e. The number of carbonyl (C=O) groups excluding carboxylic acids is 1. The van der Waals surface area contributed by atoms with Crippen LogP contribution in [0.1, 0.15) is 13.3 Å². The molecule has 0 aromatic heterocycles. The summed E-state index contributed by atoms with van der Waals surface area (Å²) >= 11 is 0. The molecule has 0 radical (unpaired) electrons. The van der Waals surface area contributed by atoms with Crippen molar-refractivity contribution in [1.82, 2.24) is 4.90 Å². The summed E-state index contributed by atoms with van der Waals surface area (Å²) in [7, 11) is 0. The molecule has 4 heteroatoms. The van der Waals surface area contributed by atoms with Crippen LogP contribution in [-0.2, 0) is 9.53 Å². The fourth-order valence-corrected chi connectivity index (χ4v) is 2.10. The Kier molecular flexibility index (Phi) is 2.26. The smallest absolute Gasteiger partial charge is 0.323 e. The van der Waals surface area contributed by atoms with E-state index in [1.807, 2.05) is 0 Å². The normalized spacial score (nSPS) is 41.1. The summed E-state index contributed by atoms with van der Waals surface area (Å²) in [6.07, 6.45) is 0.832. The number of hydrogen-bond acceptors (Lipinski definition) is 4. The molecule has 13 heavy (non-hydrogen) atoms. The lowest BCUT2D eigenvalue weighted by molar-refractivity contribution is -0.142. The van der Waals surface area contributed by atoms with Gasteiger partial charge < -0.3 is 10.5 Å². The van der Waals surface area contributed by atoms with Gasteiger partial charge in [-0.3, -0.25) is 9.69 Å². The van der Waals surface area contributed by atoms with Gasteiger partial charge in [0.05, 0.1) is 6.61 Å². The van der Waals surface area contributed by atoms with Crippen LogP contribution >= 0.6 is 0 Å². The van der Waals surface area contributed by atoms with Gasteiger partial charge in [-0.1, -0.05) is 6.92 Å². The van der Waals surface area contributed by atoms with E-state index in [4.69, 9.17) is 10.5 Å². The number of hydrogen-bond donors (Lipinski definition) is 1. The minimum atomic E-state index is -0.0682. The number of rotatable bonds is 1. The maximum atomic E-state index is 11.3. The van der Waals surface area contributed by atoms with E-state index >= 15 is 0 Å². The van der Waals surface area contributed by atoms with E-state index in [1.165, 1.54) is 0 Å². The molecule has 0 aromatic rings. The summed E-state index contributed by atoms with van der Waals surface area (Å²) < 4.78 is 4.93. The first-order chi connectivity index (χ1) is 6.18. The van der Waals surface area contributed by atoms with Gasteiger partial charge in [-0.2, -0.15) is 0 Å². The molecular formula is C9H16N2O2. The third kappa shape index (κ3) is 1.56. The minimum Gasteiger partial charge on any atom is -0.464 e. The lowest BCUT2D eigenvalue weighted by Crippen LogP contribution is -2.38. The van der Waals surface area contributed by atoms with Crippen LogP contribution in [0.25, 0.3) is 0 Å². The average Bonchev–Trinajstić information content (AvgIpc) is 2.60. The number of nitrogens with two attached hydrogens (primary N) is 1. The Bertz CT molecular complexity index is 210. The summed E-state index contributed by atoms with van der Waals surface area (Å²) in [5, 5.41) is 0. The number of ether oxygens (including phenoxy) is 1. The van der Waals surface area contributed by atoms with E-state index < -0.39 is 0 Å². The first kappa shape index (κ1) is 8.97. The van der Waals surface area contributed by atoms with E-state index in [2.05, 4.69) is 11.8 Å². The Morgan fingerprint density at radius 2 is 2.31 bits per heavy atom. The molecule has 2 N–H and O–H groups in total. The SMILES string of the molecule is CC1CN(C2CCOC2=O)CC1N. The second kappa shape index (κ2) is 3.27. The maximum absolute atomic E-state index is 11.3. The highest BCUT2D eigenvalue weighted by atomic mass is 16.5. The first-order valence-electron chi connectivity index (χ1n) is 4.85. The zero-order valence-corrected chi connectivity index (χ0v) is 7.90. The van der Waals surface area contributed by atoms with Crippen LogP contribution in [0.2, 0.25) is 0 Å². The minimum absolute atomic E-state index is 0.0176. The van der Waals surface area contributed by atoms with Gasteiger partial charge in [0, 0.05) is 25.6 Å². The van der Waals surface area contributed by atoms with Crippen LogP contribution in [0, 0.1) is 5.92 Å². The average molecular weight is 184 g/mol.